The number of nitrogens with zero attached hydrogens (tertiary/aromatic N) is 1. The third kappa shape index (κ3) is 2.02. The Labute approximate surface area is 110 Å². The summed E-state index contributed by atoms with van der Waals surface area (Å²) >= 11 is 0. The van der Waals surface area contributed by atoms with Crippen molar-refractivity contribution >= 4 is 10.0 Å². The van der Waals surface area contributed by atoms with Gasteiger partial charge in [-0.1, -0.05) is 6.07 Å². The second-order valence-electron chi connectivity index (χ2n) is 4.86. The summed E-state index contributed by atoms with van der Waals surface area (Å²) in [6.07, 6.45) is 0. The fraction of sp³-hybridized carbons (Fsp3) is 0.417. The summed E-state index contributed by atoms with van der Waals surface area (Å²) in [5.74, 6) is -0.189. The van der Waals surface area contributed by atoms with Gasteiger partial charge in [0.25, 0.3) is 0 Å². The smallest absolute Gasteiger partial charge is 0.242 e. The van der Waals surface area contributed by atoms with Gasteiger partial charge in [-0.2, -0.15) is 5.26 Å². The van der Waals surface area contributed by atoms with Crippen molar-refractivity contribution in [1.82, 2.24) is 10.0 Å². The van der Waals surface area contributed by atoms with E-state index in [-0.39, 0.29) is 10.9 Å². The Bertz CT molecular complexity index is 658. The van der Waals surface area contributed by atoms with Crippen LogP contribution >= 0.6 is 0 Å². The number of hydrogen-bond acceptors (Lipinski definition) is 4. The molecule has 1 saturated carbocycles. The predicted molar refractivity (Wildman–Crippen MR) is 65.1 cm³/mol. The van der Waals surface area contributed by atoms with Crippen LogP contribution in [0.1, 0.15) is 5.56 Å². The van der Waals surface area contributed by atoms with Crippen molar-refractivity contribution in [3.8, 4) is 6.07 Å². The zero-order chi connectivity index (χ0) is 13.6. The Kier molecular flexibility index (Phi) is 2.82. The fourth-order valence-electron chi connectivity index (χ4n) is 2.67. The van der Waals surface area contributed by atoms with Crippen LogP contribution in [-0.4, -0.2) is 27.5 Å². The lowest BCUT2D eigenvalue weighted by atomic mass is 10.2. The van der Waals surface area contributed by atoms with Crippen LogP contribution in [0.3, 0.4) is 0 Å². The molecule has 0 amide bonds. The maximum absolute atomic E-state index is 13.4. The SMILES string of the molecule is N#Cc1c(F)cccc1S(=O)(=O)NC1C2CNCC21. The first kappa shape index (κ1) is 12.5. The van der Waals surface area contributed by atoms with Crippen LogP contribution in [0.2, 0.25) is 0 Å². The zero-order valence-corrected chi connectivity index (χ0v) is 10.7. The zero-order valence-electron chi connectivity index (χ0n) is 9.93. The van der Waals surface area contributed by atoms with Gasteiger partial charge in [0.05, 0.1) is 0 Å². The van der Waals surface area contributed by atoms with E-state index >= 15 is 0 Å². The van der Waals surface area contributed by atoms with E-state index in [2.05, 4.69) is 10.0 Å². The van der Waals surface area contributed by atoms with Gasteiger partial charge in [0.2, 0.25) is 10.0 Å². The van der Waals surface area contributed by atoms with Gasteiger partial charge >= 0.3 is 0 Å². The van der Waals surface area contributed by atoms with E-state index in [9.17, 15) is 12.8 Å². The van der Waals surface area contributed by atoms with Gasteiger partial charge in [-0.05, 0) is 37.1 Å². The third-order valence-electron chi connectivity index (χ3n) is 3.76. The minimum Gasteiger partial charge on any atom is -0.316 e. The average Bonchev–Trinajstić information content (AvgIpc) is 2.82. The molecule has 19 heavy (non-hydrogen) atoms. The second-order valence-corrected chi connectivity index (χ2v) is 6.54. The number of halogens is 1. The number of fused-ring (bicyclic) bond motifs is 1. The molecule has 1 heterocycles. The highest BCUT2D eigenvalue weighted by Gasteiger charge is 2.54. The van der Waals surface area contributed by atoms with Gasteiger partial charge in [0.15, 0.2) is 0 Å². The van der Waals surface area contributed by atoms with Gasteiger partial charge in [-0.25, -0.2) is 17.5 Å². The number of sulfonamides is 1. The number of nitriles is 1. The van der Waals surface area contributed by atoms with Crippen molar-refractivity contribution in [3.63, 3.8) is 0 Å². The standard InChI is InChI=1S/C12H12FN3O2S/c13-10-2-1-3-11(7(10)4-14)19(17,18)16-12-8-5-15-6-9(8)12/h1-3,8-9,12,15-16H,5-6H2. The first-order valence-corrected chi connectivity index (χ1v) is 7.44. The van der Waals surface area contributed by atoms with E-state index in [4.69, 9.17) is 5.26 Å². The summed E-state index contributed by atoms with van der Waals surface area (Å²) in [7, 11) is -3.84. The molecule has 0 spiro atoms. The van der Waals surface area contributed by atoms with E-state index in [1.54, 1.807) is 6.07 Å². The van der Waals surface area contributed by atoms with Gasteiger partial charge < -0.3 is 5.32 Å². The Hall–Kier alpha value is -1.49. The molecule has 2 N–H and O–H groups in total. The lowest BCUT2D eigenvalue weighted by molar-refractivity contribution is 0.562. The second kappa shape index (κ2) is 4.27. The van der Waals surface area contributed by atoms with E-state index < -0.39 is 21.4 Å². The summed E-state index contributed by atoms with van der Waals surface area (Å²) in [5, 5.41) is 12.0. The molecule has 2 atom stereocenters. The van der Waals surface area contributed by atoms with Crippen LogP contribution in [0.5, 0.6) is 0 Å². The van der Waals surface area contributed by atoms with Crippen LogP contribution in [0, 0.1) is 29.0 Å². The highest BCUT2D eigenvalue weighted by Crippen LogP contribution is 2.42. The van der Waals surface area contributed by atoms with Crippen molar-refractivity contribution in [2.75, 3.05) is 13.1 Å². The van der Waals surface area contributed by atoms with Gasteiger partial charge in [-0.15, -0.1) is 0 Å². The number of piperidine rings is 1. The number of nitrogens with one attached hydrogen (secondary N) is 2. The molecule has 1 aliphatic heterocycles. The van der Waals surface area contributed by atoms with Crippen molar-refractivity contribution in [2.45, 2.75) is 10.9 Å². The Morgan fingerprint density at radius 3 is 2.68 bits per heavy atom. The minimum absolute atomic E-state index is 0.0962. The molecule has 2 unspecified atom stereocenters. The Balaban J connectivity index is 1.89. The van der Waals surface area contributed by atoms with Crippen molar-refractivity contribution in [1.29, 1.82) is 5.26 Å². The summed E-state index contributed by atoms with van der Waals surface area (Å²) in [5.41, 5.74) is -0.432. The monoisotopic (exact) mass is 281 g/mol. The molecule has 0 aromatic heterocycles. The number of hydrogen-bond donors (Lipinski definition) is 2. The topological polar surface area (TPSA) is 82.0 Å². The first-order valence-electron chi connectivity index (χ1n) is 5.96. The number of rotatable bonds is 3. The van der Waals surface area contributed by atoms with Crippen LogP contribution in [0.25, 0.3) is 0 Å². The van der Waals surface area contributed by atoms with Crippen LogP contribution in [0.15, 0.2) is 23.1 Å². The lowest BCUT2D eigenvalue weighted by Crippen LogP contribution is -2.33. The lowest BCUT2D eigenvalue weighted by Gasteiger charge is -2.10. The molecule has 1 aromatic rings. The highest BCUT2D eigenvalue weighted by molar-refractivity contribution is 7.89. The predicted octanol–water partition coefficient (Wildman–Crippen LogP) is 0.193. The first-order chi connectivity index (χ1) is 9.04. The normalized spacial score (nSPS) is 28.7. The molecule has 1 aliphatic carbocycles. The van der Waals surface area contributed by atoms with Crippen LogP contribution < -0.4 is 10.0 Å². The Morgan fingerprint density at radius 1 is 1.37 bits per heavy atom. The van der Waals surface area contributed by atoms with E-state index in [1.807, 2.05) is 0 Å². The molecule has 3 rings (SSSR count). The van der Waals surface area contributed by atoms with E-state index in [0.717, 1.165) is 19.2 Å². The molecule has 2 aliphatic rings. The van der Waals surface area contributed by atoms with Gasteiger partial charge in [-0.3, -0.25) is 0 Å². The minimum atomic E-state index is -3.84. The molecule has 1 saturated heterocycles. The van der Waals surface area contributed by atoms with Gasteiger partial charge in [0.1, 0.15) is 22.3 Å². The largest absolute Gasteiger partial charge is 0.316 e. The maximum Gasteiger partial charge on any atom is 0.242 e. The summed E-state index contributed by atoms with van der Waals surface area (Å²) in [4.78, 5) is -0.284. The molecule has 1 aromatic carbocycles. The van der Waals surface area contributed by atoms with Crippen molar-refractivity contribution in [3.05, 3.63) is 29.6 Å². The Morgan fingerprint density at radius 2 is 2.05 bits per heavy atom. The van der Waals surface area contributed by atoms with Crippen molar-refractivity contribution in [2.24, 2.45) is 11.8 Å². The molecule has 0 radical (unpaired) electrons. The highest BCUT2D eigenvalue weighted by atomic mass is 32.2. The summed E-state index contributed by atoms with van der Waals surface area (Å²) < 4.78 is 40.4. The summed E-state index contributed by atoms with van der Waals surface area (Å²) in [6.45, 7) is 1.60. The van der Waals surface area contributed by atoms with Crippen LogP contribution in [-0.2, 0) is 10.0 Å². The number of benzene rings is 1. The fourth-order valence-corrected chi connectivity index (χ4v) is 4.18. The van der Waals surface area contributed by atoms with Crippen molar-refractivity contribution < 1.29 is 12.8 Å². The molecular formula is C12H12FN3O2S. The van der Waals surface area contributed by atoms with Gasteiger partial charge in [0, 0.05) is 6.04 Å². The molecule has 7 heteroatoms. The molecule has 0 bridgehead atoms. The molecular weight excluding hydrogens is 269 g/mol. The maximum atomic E-state index is 13.4. The van der Waals surface area contributed by atoms with Crippen LogP contribution in [0.4, 0.5) is 4.39 Å². The summed E-state index contributed by atoms with van der Waals surface area (Å²) in [6, 6.07) is 5.13. The average molecular weight is 281 g/mol. The molecule has 100 valence electrons. The quantitative estimate of drug-likeness (QED) is 0.829. The third-order valence-corrected chi connectivity index (χ3v) is 5.26. The van der Waals surface area contributed by atoms with E-state index in [1.165, 1.54) is 12.1 Å². The molecule has 2 fully saturated rings. The molecule has 5 nitrogen and oxygen atoms in total. The van der Waals surface area contributed by atoms with E-state index in [0.29, 0.717) is 11.8 Å².